The number of hydrazine groups is 1. The number of rotatable bonds is 1. The van der Waals surface area contributed by atoms with Crippen LogP contribution in [0.25, 0.3) is 0 Å². The Morgan fingerprint density at radius 3 is 1.88 bits per heavy atom. The van der Waals surface area contributed by atoms with Crippen LogP contribution in [0.4, 0.5) is 13.2 Å². The summed E-state index contributed by atoms with van der Waals surface area (Å²) in [5, 5.41) is -0.188. The van der Waals surface area contributed by atoms with Crippen molar-refractivity contribution in [2.75, 3.05) is 6.54 Å². The second-order valence-corrected chi connectivity index (χ2v) is 1.25. The Hall–Kier alpha value is -0.290. The number of alkyl halides is 3. The maximum absolute atomic E-state index is 11.3. The topological polar surface area (TPSA) is 29.3 Å². The predicted octanol–water partition coefficient (Wildman–Crippen LogP) is 0.702. The molecule has 50 valence electrons. The SMILES string of the molecule is CCN(N)C(F)(F)F. The highest BCUT2D eigenvalue weighted by atomic mass is 19.4. The molecule has 0 bridgehead atoms. The van der Waals surface area contributed by atoms with Crippen molar-refractivity contribution in [1.29, 1.82) is 0 Å². The Bertz CT molecular complexity index is 69.4. The van der Waals surface area contributed by atoms with Gasteiger partial charge in [-0.05, 0) is 0 Å². The molecule has 2 N–H and O–H groups in total. The molecule has 0 amide bonds. The molecule has 0 fully saturated rings. The molecular formula is C3H7F3N2. The first-order chi connectivity index (χ1) is 3.48. The maximum atomic E-state index is 11.3. The smallest absolute Gasteiger partial charge is 0.261 e. The lowest BCUT2D eigenvalue weighted by Gasteiger charge is -2.15. The van der Waals surface area contributed by atoms with Crippen molar-refractivity contribution >= 4 is 0 Å². The predicted molar refractivity (Wildman–Crippen MR) is 22.6 cm³/mol. The van der Waals surface area contributed by atoms with Crippen LogP contribution in [0.5, 0.6) is 0 Å². The molecule has 0 unspecified atom stereocenters. The van der Waals surface area contributed by atoms with Crippen LogP contribution < -0.4 is 5.84 Å². The van der Waals surface area contributed by atoms with E-state index in [4.69, 9.17) is 0 Å². The Morgan fingerprint density at radius 1 is 1.50 bits per heavy atom. The molecule has 2 nitrogen and oxygen atoms in total. The van der Waals surface area contributed by atoms with E-state index < -0.39 is 6.30 Å². The van der Waals surface area contributed by atoms with Crippen LogP contribution in [0.2, 0.25) is 0 Å². The van der Waals surface area contributed by atoms with Crippen LogP contribution in [-0.2, 0) is 0 Å². The van der Waals surface area contributed by atoms with Crippen molar-refractivity contribution in [3.63, 3.8) is 0 Å². The average Bonchev–Trinajstić information content (AvgIpc) is 1.62. The largest absolute Gasteiger partial charge is 0.472 e. The summed E-state index contributed by atoms with van der Waals surface area (Å²) >= 11 is 0. The van der Waals surface area contributed by atoms with Gasteiger partial charge in [-0.1, -0.05) is 6.92 Å². The molecule has 0 saturated carbocycles. The lowest BCUT2D eigenvalue weighted by atomic mass is 10.7. The summed E-state index contributed by atoms with van der Waals surface area (Å²) in [6.45, 7) is 1.11. The van der Waals surface area contributed by atoms with Gasteiger partial charge in [-0.3, -0.25) is 5.84 Å². The first-order valence-corrected chi connectivity index (χ1v) is 2.07. The highest BCUT2D eigenvalue weighted by Crippen LogP contribution is 2.15. The summed E-state index contributed by atoms with van der Waals surface area (Å²) in [6, 6.07) is 0. The lowest BCUT2D eigenvalue weighted by molar-refractivity contribution is -0.245. The fraction of sp³-hybridized carbons (Fsp3) is 1.00. The monoisotopic (exact) mass is 128 g/mol. The third-order valence-corrected chi connectivity index (χ3v) is 0.666. The summed E-state index contributed by atoms with van der Waals surface area (Å²) in [7, 11) is 0. The van der Waals surface area contributed by atoms with Crippen LogP contribution in [-0.4, -0.2) is 17.9 Å². The van der Waals surface area contributed by atoms with Gasteiger partial charge in [0.1, 0.15) is 0 Å². The first-order valence-electron chi connectivity index (χ1n) is 2.07. The Morgan fingerprint density at radius 2 is 1.88 bits per heavy atom. The molecule has 0 heterocycles. The second-order valence-electron chi connectivity index (χ2n) is 1.25. The van der Waals surface area contributed by atoms with Crippen LogP contribution in [0.15, 0.2) is 0 Å². The molecule has 0 aromatic heterocycles. The molecule has 5 heteroatoms. The first kappa shape index (κ1) is 7.71. The number of hydrogen-bond donors (Lipinski definition) is 1. The highest BCUT2D eigenvalue weighted by molar-refractivity contribution is 4.43. The molecule has 0 aliphatic heterocycles. The van der Waals surface area contributed by atoms with E-state index in [1.807, 2.05) is 0 Å². The molecule has 0 spiro atoms. The van der Waals surface area contributed by atoms with Crippen LogP contribution in [0.3, 0.4) is 0 Å². The quantitative estimate of drug-likeness (QED) is 0.320. The van der Waals surface area contributed by atoms with E-state index in [1.54, 1.807) is 0 Å². The summed E-state index contributed by atoms with van der Waals surface area (Å²) < 4.78 is 33.8. The molecule has 0 aromatic rings. The highest BCUT2D eigenvalue weighted by Gasteiger charge is 2.33. The van der Waals surface area contributed by atoms with Crippen molar-refractivity contribution in [2.24, 2.45) is 5.84 Å². The van der Waals surface area contributed by atoms with Gasteiger partial charge in [0.2, 0.25) is 0 Å². The van der Waals surface area contributed by atoms with Gasteiger partial charge in [0.05, 0.1) is 0 Å². The summed E-state index contributed by atoms with van der Waals surface area (Å²) in [5.41, 5.74) is 0. The lowest BCUT2D eigenvalue weighted by Crippen LogP contribution is -2.43. The molecule has 0 radical (unpaired) electrons. The third kappa shape index (κ3) is 2.13. The van der Waals surface area contributed by atoms with Crippen LogP contribution in [0.1, 0.15) is 6.92 Å². The Labute approximate surface area is 45.0 Å². The minimum atomic E-state index is -4.38. The van der Waals surface area contributed by atoms with Gasteiger partial charge in [0, 0.05) is 6.54 Å². The molecule has 0 saturated heterocycles. The normalized spacial score (nSPS) is 12.8. The number of nitrogens with zero attached hydrogens (tertiary/aromatic N) is 1. The summed E-state index contributed by atoms with van der Waals surface area (Å²) in [6.07, 6.45) is -4.38. The van der Waals surface area contributed by atoms with Crippen molar-refractivity contribution in [1.82, 2.24) is 5.01 Å². The van der Waals surface area contributed by atoms with Gasteiger partial charge < -0.3 is 0 Å². The Balaban J connectivity index is 3.62. The van der Waals surface area contributed by atoms with Crippen LogP contribution >= 0.6 is 0 Å². The molecule has 0 aliphatic carbocycles. The number of hydrogen-bond acceptors (Lipinski definition) is 2. The fourth-order valence-corrected chi connectivity index (χ4v) is 0.179. The van der Waals surface area contributed by atoms with Crippen LogP contribution in [0, 0.1) is 0 Å². The van der Waals surface area contributed by atoms with E-state index in [1.165, 1.54) is 6.92 Å². The summed E-state index contributed by atoms with van der Waals surface area (Å²) in [5.74, 6) is 4.46. The van der Waals surface area contributed by atoms with Gasteiger partial charge in [0.25, 0.3) is 0 Å². The van der Waals surface area contributed by atoms with E-state index in [0.29, 0.717) is 0 Å². The second kappa shape index (κ2) is 2.32. The van der Waals surface area contributed by atoms with Gasteiger partial charge in [-0.15, -0.1) is 0 Å². The molecule has 0 aliphatic rings. The Kier molecular flexibility index (Phi) is 2.24. The van der Waals surface area contributed by atoms with Gasteiger partial charge >= 0.3 is 6.30 Å². The van der Waals surface area contributed by atoms with E-state index in [2.05, 4.69) is 5.84 Å². The zero-order valence-corrected chi connectivity index (χ0v) is 4.37. The van der Waals surface area contributed by atoms with E-state index in [-0.39, 0.29) is 11.6 Å². The maximum Gasteiger partial charge on any atom is 0.472 e. The van der Waals surface area contributed by atoms with Gasteiger partial charge in [-0.25, -0.2) is 0 Å². The zero-order valence-electron chi connectivity index (χ0n) is 4.37. The minimum absolute atomic E-state index is 0.188. The molecule has 8 heavy (non-hydrogen) atoms. The van der Waals surface area contributed by atoms with Crippen molar-refractivity contribution < 1.29 is 13.2 Å². The van der Waals surface area contributed by atoms with Crippen molar-refractivity contribution in [3.05, 3.63) is 0 Å². The van der Waals surface area contributed by atoms with Crippen molar-refractivity contribution in [3.8, 4) is 0 Å². The van der Waals surface area contributed by atoms with Gasteiger partial charge in [-0.2, -0.15) is 18.2 Å². The summed E-state index contributed by atoms with van der Waals surface area (Å²) in [4.78, 5) is 0. The zero-order chi connectivity index (χ0) is 6.78. The van der Waals surface area contributed by atoms with E-state index in [9.17, 15) is 13.2 Å². The molecule has 0 rings (SSSR count). The standard InChI is InChI=1S/C3H7F3N2/c1-2-8(7)3(4,5)6/h2,7H2,1H3. The number of halogens is 3. The molecule has 0 aromatic carbocycles. The molecule has 0 atom stereocenters. The average molecular weight is 128 g/mol. The van der Waals surface area contributed by atoms with Crippen molar-refractivity contribution in [2.45, 2.75) is 13.2 Å². The van der Waals surface area contributed by atoms with E-state index >= 15 is 0 Å². The fourth-order valence-electron chi connectivity index (χ4n) is 0.179. The number of nitrogens with two attached hydrogens (primary N) is 1. The van der Waals surface area contributed by atoms with E-state index in [0.717, 1.165) is 0 Å². The van der Waals surface area contributed by atoms with Gasteiger partial charge in [0.15, 0.2) is 0 Å². The molecular weight excluding hydrogens is 121 g/mol. The third-order valence-electron chi connectivity index (χ3n) is 0.666. The minimum Gasteiger partial charge on any atom is -0.261 e.